The Balaban J connectivity index is 2.95. The lowest BCUT2D eigenvalue weighted by atomic mass is 10.1. The van der Waals surface area contributed by atoms with Crippen LogP contribution in [0.5, 0.6) is 5.88 Å². The molecule has 1 aromatic rings. The van der Waals surface area contributed by atoms with E-state index in [1.807, 2.05) is 13.1 Å². The van der Waals surface area contributed by atoms with E-state index in [1.165, 1.54) is 11.1 Å². The Labute approximate surface area is 73.6 Å². The molecule has 0 fully saturated rings. The number of aromatic nitrogens is 1. The summed E-state index contributed by atoms with van der Waals surface area (Å²) in [5.74, 6) is 0.766. The maximum atomic E-state index is 5.14. The van der Waals surface area contributed by atoms with Gasteiger partial charge in [-0.3, -0.25) is 0 Å². The number of aryl methyl sites for hydroxylation is 2. The normalized spacial score (nSPS) is 9.92. The average Bonchev–Trinajstić information content (AvgIpc) is 2.05. The second-order valence-electron chi connectivity index (χ2n) is 2.93. The third kappa shape index (κ3) is 1.97. The lowest BCUT2D eigenvalue weighted by Gasteiger charge is -2.06. The highest BCUT2D eigenvalue weighted by Crippen LogP contribution is 2.17. The van der Waals surface area contributed by atoms with Crippen molar-refractivity contribution in [2.24, 2.45) is 0 Å². The van der Waals surface area contributed by atoms with Crippen LogP contribution in [0.15, 0.2) is 12.3 Å². The summed E-state index contributed by atoms with van der Waals surface area (Å²) >= 11 is 0. The van der Waals surface area contributed by atoms with E-state index in [0.29, 0.717) is 0 Å². The fourth-order valence-electron chi connectivity index (χ4n) is 1.25. The quantitative estimate of drug-likeness (QED) is 0.686. The molecular formula is C10H15NO. The first-order valence-corrected chi connectivity index (χ1v) is 4.27. The van der Waals surface area contributed by atoms with Gasteiger partial charge in [-0.2, -0.15) is 0 Å². The Kier molecular flexibility index (Phi) is 3.09. The molecule has 0 saturated heterocycles. The molecule has 0 spiro atoms. The van der Waals surface area contributed by atoms with Crippen molar-refractivity contribution in [3.8, 4) is 5.88 Å². The Bertz CT molecular complexity index is 258. The third-order valence-electron chi connectivity index (χ3n) is 1.77. The number of methoxy groups -OCH3 is 1. The third-order valence-corrected chi connectivity index (χ3v) is 1.77. The highest BCUT2D eigenvalue weighted by molar-refractivity contribution is 5.29. The molecule has 12 heavy (non-hydrogen) atoms. The minimum atomic E-state index is 0.766. The van der Waals surface area contributed by atoms with E-state index in [4.69, 9.17) is 4.74 Å². The molecule has 1 aromatic heterocycles. The maximum Gasteiger partial charge on any atom is 0.216 e. The van der Waals surface area contributed by atoms with Crippen LogP contribution in [0.25, 0.3) is 0 Å². The number of ether oxygens (including phenoxy) is 1. The SMILES string of the molecule is CCCc1cc(C)cnc1OC. The van der Waals surface area contributed by atoms with Crippen molar-refractivity contribution in [1.29, 1.82) is 0 Å². The van der Waals surface area contributed by atoms with Crippen LogP contribution in [-0.4, -0.2) is 12.1 Å². The first-order valence-electron chi connectivity index (χ1n) is 4.27. The Morgan fingerprint density at radius 2 is 2.25 bits per heavy atom. The molecule has 66 valence electrons. The second kappa shape index (κ2) is 4.10. The van der Waals surface area contributed by atoms with Gasteiger partial charge in [0.2, 0.25) is 5.88 Å². The van der Waals surface area contributed by atoms with E-state index in [0.717, 1.165) is 18.7 Å². The molecule has 0 aliphatic rings. The van der Waals surface area contributed by atoms with Crippen LogP contribution in [0, 0.1) is 6.92 Å². The first-order chi connectivity index (χ1) is 5.77. The van der Waals surface area contributed by atoms with E-state index >= 15 is 0 Å². The van der Waals surface area contributed by atoms with Crippen molar-refractivity contribution in [2.45, 2.75) is 26.7 Å². The summed E-state index contributed by atoms with van der Waals surface area (Å²) in [5.41, 5.74) is 2.40. The number of hydrogen-bond acceptors (Lipinski definition) is 2. The fraction of sp³-hybridized carbons (Fsp3) is 0.500. The lowest BCUT2D eigenvalue weighted by Crippen LogP contribution is -1.95. The van der Waals surface area contributed by atoms with Gasteiger partial charge in [-0.15, -0.1) is 0 Å². The molecule has 2 heteroatoms. The van der Waals surface area contributed by atoms with Gasteiger partial charge in [-0.1, -0.05) is 13.3 Å². The number of hydrogen-bond donors (Lipinski definition) is 0. The average molecular weight is 165 g/mol. The maximum absolute atomic E-state index is 5.14. The van der Waals surface area contributed by atoms with E-state index in [9.17, 15) is 0 Å². The highest BCUT2D eigenvalue weighted by atomic mass is 16.5. The van der Waals surface area contributed by atoms with Crippen molar-refractivity contribution >= 4 is 0 Å². The summed E-state index contributed by atoms with van der Waals surface area (Å²) < 4.78 is 5.14. The standard InChI is InChI=1S/C10H15NO/c1-4-5-9-6-8(2)7-11-10(9)12-3/h6-7H,4-5H2,1-3H3. The van der Waals surface area contributed by atoms with Gasteiger partial charge in [0.1, 0.15) is 0 Å². The van der Waals surface area contributed by atoms with Crippen LogP contribution in [0.4, 0.5) is 0 Å². The molecule has 0 aliphatic carbocycles. The van der Waals surface area contributed by atoms with E-state index < -0.39 is 0 Å². The highest BCUT2D eigenvalue weighted by Gasteiger charge is 2.02. The minimum Gasteiger partial charge on any atom is -0.481 e. The van der Waals surface area contributed by atoms with Crippen molar-refractivity contribution in [1.82, 2.24) is 4.98 Å². The molecular weight excluding hydrogens is 150 g/mol. The molecule has 0 saturated carbocycles. The Hall–Kier alpha value is -1.05. The topological polar surface area (TPSA) is 22.1 Å². The van der Waals surface area contributed by atoms with E-state index in [-0.39, 0.29) is 0 Å². The molecule has 0 amide bonds. The van der Waals surface area contributed by atoms with Gasteiger partial charge in [-0.05, 0) is 25.0 Å². The fourth-order valence-corrected chi connectivity index (χ4v) is 1.25. The number of nitrogens with zero attached hydrogens (tertiary/aromatic N) is 1. The largest absolute Gasteiger partial charge is 0.481 e. The second-order valence-corrected chi connectivity index (χ2v) is 2.93. The van der Waals surface area contributed by atoms with Crippen LogP contribution >= 0.6 is 0 Å². The lowest BCUT2D eigenvalue weighted by molar-refractivity contribution is 0.392. The molecule has 0 atom stereocenters. The zero-order valence-corrected chi connectivity index (χ0v) is 7.92. The Morgan fingerprint density at radius 1 is 1.50 bits per heavy atom. The van der Waals surface area contributed by atoms with Gasteiger partial charge >= 0.3 is 0 Å². The molecule has 0 unspecified atom stereocenters. The number of rotatable bonds is 3. The van der Waals surface area contributed by atoms with Gasteiger partial charge in [0.15, 0.2) is 0 Å². The van der Waals surface area contributed by atoms with Crippen LogP contribution in [0.1, 0.15) is 24.5 Å². The summed E-state index contributed by atoms with van der Waals surface area (Å²) in [7, 11) is 1.66. The van der Waals surface area contributed by atoms with Crippen molar-refractivity contribution < 1.29 is 4.74 Å². The number of pyridine rings is 1. The molecule has 0 radical (unpaired) electrons. The minimum absolute atomic E-state index is 0.766. The smallest absolute Gasteiger partial charge is 0.216 e. The van der Waals surface area contributed by atoms with Gasteiger partial charge < -0.3 is 4.74 Å². The van der Waals surface area contributed by atoms with Gasteiger partial charge in [0.05, 0.1) is 7.11 Å². The van der Waals surface area contributed by atoms with E-state index in [1.54, 1.807) is 7.11 Å². The molecule has 2 nitrogen and oxygen atoms in total. The summed E-state index contributed by atoms with van der Waals surface area (Å²) in [6.45, 7) is 4.20. The zero-order chi connectivity index (χ0) is 8.97. The first kappa shape index (κ1) is 9.04. The monoisotopic (exact) mass is 165 g/mol. The Morgan fingerprint density at radius 3 is 2.83 bits per heavy atom. The molecule has 0 aliphatic heterocycles. The zero-order valence-electron chi connectivity index (χ0n) is 7.92. The molecule has 1 heterocycles. The molecule has 1 rings (SSSR count). The van der Waals surface area contributed by atoms with Gasteiger partial charge in [0.25, 0.3) is 0 Å². The van der Waals surface area contributed by atoms with Crippen molar-refractivity contribution in [2.75, 3.05) is 7.11 Å². The van der Waals surface area contributed by atoms with Gasteiger partial charge in [0, 0.05) is 11.8 Å². The van der Waals surface area contributed by atoms with Crippen molar-refractivity contribution in [3.63, 3.8) is 0 Å². The van der Waals surface area contributed by atoms with Crippen LogP contribution < -0.4 is 4.74 Å². The van der Waals surface area contributed by atoms with Crippen LogP contribution in [0.2, 0.25) is 0 Å². The van der Waals surface area contributed by atoms with Gasteiger partial charge in [-0.25, -0.2) is 4.98 Å². The summed E-state index contributed by atoms with van der Waals surface area (Å²) in [4.78, 5) is 4.19. The molecule has 0 bridgehead atoms. The molecule has 0 N–H and O–H groups in total. The molecule has 0 aromatic carbocycles. The van der Waals surface area contributed by atoms with Crippen LogP contribution in [-0.2, 0) is 6.42 Å². The van der Waals surface area contributed by atoms with E-state index in [2.05, 4.69) is 18.0 Å². The summed E-state index contributed by atoms with van der Waals surface area (Å²) in [6.07, 6.45) is 4.00. The summed E-state index contributed by atoms with van der Waals surface area (Å²) in [5, 5.41) is 0. The predicted molar refractivity (Wildman–Crippen MR) is 49.5 cm³/mol. The summed E-state index contributed by atoms with van der Waals surface area (Å²) in [6, 6.07) is 2.13. The predicted octanol–water partition coefficient (Wildman–Crippen LogP) is 2.35. The van der Waals surface area contributed by atoms with Crippen LogP contribution in [0.3, 0.4) is 0 Å². The van der Waals surface area contributed by atoms with Crippen molar-refractivity contribution in [3.05, 3.63) is 23.4 Å².